The normalized spacial score (nSPS) is 12.4. The fourth-order valence-electron chi connectivity index (χ4n) is 3.48. The third-order valence-corrected chi connectivity index (χ3v) is 6.35. The summed E-state index contributed by atoms with van der Waals surface area (Å²) in [5.74, 6) is 1.50. The number of nitrogens with zero attached hydrogens (tertiary/aromatic N) is 4. The van der Waals surface area contributed by atoms with Crippen LogP contribution in [0.15, 0.2) is 46.5 Å². The SMILES string of the molecule is CN=Cc1c(SCc2ccnc(C(=O)NC)c2)nc(Cl)c(C#N)c1-c1ccc2c(c1)OCCO2. The van der Waals surface area contributed by atoms with E-state index in [2.05, 4.69) is 26.3 Å². The van der Waals surface area contributed by atoms with Gasteiger partial charge in [-0.05, 0) is 35.4 Å². The van der Waals surface area contributed by atoms with Crippen molar-refractivity contribution in [2.45, 2.75) is 10.8 Å². The molecule has 1 N–H and O–H groups in total. The Labute approximate surface area is 206 Å². The van der Waals surface area contributed by atoms with Crippen molar-refractivity contribution in [1.29, 1.82) is 5.26 Å². The molecule has 2 aromatic heterocycles. The second-order valence-electron chi connectivity index (χ2n) is 7.15. The second kappa shape index (κ2) is 10.5. The summed E-state index contributed by atoms with van der Waals surface area (Å²) >= 11 is 7.88. The van der Waals surface area contributed by atoms with Crippen LogP contribution in [-0.4, -0.2) is 49.4 Å². The number of ether oxygens (including phenoxy) is 2. The number of rotatable bonds is 6. The van der Waals surface area contributed by atoms with Gasteiger partial charge in [-0.1, -0.05) is 17.7 Å². The zero-order valence-electron chi connectivity index (χ0n) is 18.5. The lowest BCUT2D eigenvalue weighted by Gasteiger charge is -2.20. The minimum atomic E-state index is -0.258. The molecule has 0 saturated heterocycles. The summed E-state index contributed by atoms with van der Waals surface area (Å²) in [5, 5.41) is 13.2. The van der Waals surface area contributed by atoms with Crippen molar-refractivity contribution in [1.82, 2.24) is 15.3 Å². The molecule has 3 aromatic rings. The Morgan fingerprint density at radius 2 is 2.09 bits per heavy atom. The van der Waals surface area contributed by atoms with Crippen LogP contribution in [0.25, 0.3) is 11.1 Å². The molecule has 34 heavy (non-hydrogen) atoms. The number of carbonyl (C=O) groups is 1. The number of pyridine rings is 2. The van der Waals surface area contributed by atoms with Gasteiger partial charge in [0.15, 0.2) is 11.5 Å². The largest absolute Gasteiger partial charge is 0.486 e. The summed E-state index contributed by atoms with van der Waals surface area (Å²) < 4.78 is 11.4. The molecule has 10 heteroatoms. The molecule has 1 aliphatic heterocycles. The smallest absolute Gasteiger partial charge is 0.269 e. The molecule has 0 atom stereocenters. The van der Waals surface area contributed by atoms with Crippen LogP contribution in [0, 0.1) is 11.3 Å². The van der Waals surface area contributed by atoms with Gasteiger partial charge >= 0.3 is 0 Å². The molecule has 1 aromatic carbocycles. The molecule has 172 valence electrons. The van der Waals surface area contributed by atoms with E-state index in [9.17, 15) is 10.1 Å². The average molecular weight is 494 g/mol. The maximum Gasteiger partial charge on any atom is 0.269 e. The van der Waals surface area contributed by atoms with E-state index in [0.29, 0.717) is 52.3 Å². The molecular formula is C24H20ClN5O3S. The summed E-state index contributed by atoms with van der Waals surface area (Å²) in [6.45, 7) is 0.940. The number of hydrogen-bond acceptors (Lipinski definition) is 8. The third kappa shape index (κ3) is 4.83. The lowest BCUT2D eigenvalue weighted by atomic mass is 9.97. The van der Waals surface area contributed by atoms with Gasteiger partial charge in [0.25, 0.3) is 5.91 Å². The first-order chi connectivity index (χ1) is 16.5. The zero-order valence-corrected chi connectivity index (χ0v) is 20.0. The van der Waals surface area contributed by atoms with E-state index in [1.807, 2.05) is 24.3 Å². The maximum absolute atomic E-state index is 11.9. The Hall–Kier alpha value is -3.61. The van der Waals surface area contributed by atoms with Gasteiger partial charge in [-0.15, -0.1) is 11.8 Å². The number of aromatic nitrogens is 2. The molecule has 0 bridgehead atoms. The number of halogens is 1. The predicted octanol–water partition coefficient (Wildman–Crippen LogP) is 4.14. The maximum atomic E-state index is 11.9. The highest BCUT2D eigenvalue weighted by Gasteiger charge is 2.22. The highest BCUT2D eigenvalue weighted by molar-refractivity contribution is 7.98. The first-order valence-corrected chi connectivity index (χ1v) is 11.7. The van der Waals surface area contributed by atoms with Crippen molar-refractivity contribution < 1.29 is 14.3 Å². The molecule has 1 amide bonds. The number of nitrogens with one attached hydrogen (secondary N) is 1. The van der Waals surface area contributed by atoms with E-state index in [1.54, 1.807) is 32.6 Å². The molecule has 0 aliphatic carbocycles. The van der Waals surface area contributed by atoms with E-state index in [4.69, 9.17) is 21.1 Å². The number of thioether (sulfide) groups is 1. The number of amides is 1. The minimum Gasteiger partial charge on any atom is -0.486 e. The molecule has 3 heterocycles. The van der Waals surface area contributed by atoms with Crippen LogP contribution in [0.5, 0.6) is 11.5 Å². The van der Waals surface area contributed by atoms with Crippen molar-refractivity contribution in [2.75, 3.05) is 27.3 Å². The third-order valence-electron chi connectivity index (χ3n) is 5.02. The van der Waals surface area contributed by atoms with Crippen molar-refractivity contribution in [3.8, 4) is 28.7 Å². The Balaban J connectivity index is 1.77. The summed E-state index contributed by atoms with van der Waals surface area (Å²) in [7, 11) is 3.21. The van der Waals surface area contributed by atoms with Gasteiger partial charge in [0.05, 0.1) is 5.56 Å². The molecule has 0 spiro atoms. The van der Waals surface area contributed by atoms with E-state index in [0.717, 1.165) is 11.1 Å². The first kappa shape index (κ1) is 23.5. The van der Waals surface area contributed by atoms with Gasteiger partial charge in [-0.3, -0.25) is 14.8 Å². The van der Waals surface area contributed by atoms with Crippen LogP contribution < -0.4 is 14.8 Å². The van der Waals surface area contributed by atoms with Crippen LogP contribution in [0.4, 0.5) is 0 Å². The van der Waals surface area contributed by atoms with Gasteiger partial charge < -0.3 is 14.8 Å². The fraction of sp³-hybridized carbons (Fsp3) is 0.208. The van der Waals surface area contributed by atoms with Gasteiger partial charge in [-0.25, -0.2) is 4.98 Å². The molecule has 8 nitrogen and oxygen atoms in total. The number of benzene rings is 1. The van der Waals surface area contributed by atoms with Crippen molar-refractivity contribution in [2.24, 2.45) is 4.99 Å². The molecular weight excluding hydrogens is 474 g/mol. The highest BCUT2D eigenvalue weighted by Crippen LogP contribution is 2.40. The van der Waals surface area contributed by atoms with E-state index >= 15 is 0 Å². The average Bonchev–Trinajstić information content (AvgIpc) is 2.87. The number of fused-ring (bicyclic) bond motifs is 1. The lowest BCUT2D eigenvalue weighted by molar-refractivity contribution is 0.0958. The fourth-order valence-corrected chi connectivity index (χ4v) is 4.70. The number of nitriles is 1. The van der Waals surface area contributed by atoms with Crippen LogP contribution in [0.2, 0.25) is 5.15 Å². The van der Waals surface area contributed by atoms with Gasteiger partial charge in [0.2, 0.25) is 0 Å². The molecule has 0 unspecified atom stereocenters. The van der Waals surface area contributed by atoms with E-state index < -0.39 is 0 Å². The number of carbonyl (C=O) groups excluding carboxylic acids is 1. The molecule has 0 fully saturated rings. The van der Waals surface area contributed by atoms with Gasteiger partial charge in [0.1, 0.15) is 35.2 Å². The van der Waals surface area contributed by atoms with Crippen LogP contribution in [0.1, 0.15) is 27.2 Å². The minimum absolute atomic E-state index is 0.101. The van der Waals surface area contributed by atoms with E-state index in [-0.39, 0.29) is 16.6 Å². The summed E-state index contributed by atoms with van der Waals surface area (Å²) in [6.07, 6.45) is 3.26. The van der Waals surface area contributed by atoms with Gasteiger partial charge in [-0.2, -0.15) is 5.26 Å². The Morgan fingerprint density at radius 3 is 2.82 bits per heavy atom. The standard InChI is InChI=1S/C24H20ClN5O3S/c1-27-12-17-21(15-3-4-19-20(10-15)33-8-7-32-19)16(11-26)22(25)30-24(17)34-13-14-5-6-29-18(9-14)23(31)28-2/h3-6,9-10,12H,7-8,13H2,1-2H3,(H,28,31). The quantitative estimate of drug-likeness (QED) is 0.312. The monoisotopic (exact) mass is 493 g/mol. The molecule has 0 saturated carbocycles. The highest BCUT2D eigenvalue weighted by atomic mass is 35.5. The van der Waals surface area contributed by atoms with Crippen LogP contribution >= 0.6 is 23.4 Å². The molecule has 4 rings (SSSR count). The summed E-state index contributed by atoms with van der Waals surface area (Å²) in [4.78, 5) is 24.7. The van der Waals surface area contributed by atoms with Crippen molar-refractivity contribution in [3.63, 3.8) is 0 Å². The van der Waals surface area contributed by atoms with Crippen LogP contribution in [0.3, 0.4) is 0 Å². The Morgan fingerprint density at radius 1 is 1.29 bits per heavy atom. The Kier molecular flexibility index (Phi) is 7.30. The summed E-state index contributed by atoms with van der Waals surface area (Å²) in [5.41, 5.74) is 3.51. The predicted molar refractivity (Wildman–Crippen MR) is 131 cm³/mol. The van der Waals surface area contributed by atoms with Gasteiger partial charge in [0, 0.05) is 43.4 Å². The van der Waals surface area contributed by atoms with E-state index in [1.165, 1.54) is 11.8 Å². The van der Waals surface area contributed by atoms with Crippen molar-refractivity contribution in [3.05, 3.63) is 64.1 Å². The molecule has 0 radical (unpaired) electrons. The number of hydrogen-bond donors (Lipinski definition) is 1. The zero-order chi connectivity index (χ0) is 24.1. The first-order valence-electron chi connectivity index (χ1n) is 10.3. The Bertz CT molecular complexity index is 1320. The number of aliphatic imine (C=N–C) groups is 1. The summed E-state index contributed by atoms with van der Waals surface area (Å²) in [6, 6.07) is 11.3. The van der Waals surface area contributed by atoms with Crippen LogP contribution in [-0.2, 0) is 5.75 Å². The lowest BCUT2D eigenvalue weighted by Crippen LogP contribution is -2.19. The second-order valence-corrected chi connectivity index (χ2v) is 8.47. The topological polar surface area (TPSA) is 109 Å². The van der Waals surface area contributed by atoms with Crippen molar-refractivity contribution >= 4 is 35.5 Å². The molecule has 1 aliphatic rings.